The molecular weight excluding hydrogens is 436 g/mol. The highest BCUT2D eigenvalue weighted by Crippen LogP contribution is 2.40. The fourth-order valence-corrected chi connectivity index (χ4v) is 5.22. The molecule has 0 saturated heterocycles. The van der Waals surface area contributed by atoms with Crippen LogP contribution in [0.2, 0.25) is 5.15 Å². The van der Waals surface area contributed by atoms with Crippen molar-refractivity contribution >= 4 is 17.6 Å². The van der Waals surface area contributed by atoms with Crippen LogP contribution >= 0.6 is 11.6 Å². The Kier molecular flexibility index (Phi) is 8.49. The summed E-state index contributed by atoms with van der Waals surface area (Å²) in [5.74, 6) is 0.793. The zero-order valence-electron chi connectivity index (χ0n) is 20.7. The third-order valence-electron chi connectivity index (χ3n) is 6.58. The molecule has 1 aliphatic rings. The number of carbonyl (C=O) groups is 1. The van der Waals surface area contributed by atoms with E-state index in [1.807, 2.05) is 25.3 Å². The van der Waals surface area contributed by atoms with E-state index in [4.69, 9.17) is 16.3 Å². The van der Waals surface area contributed by atoms with E-state index in [0.29, 0.717) is 5.92 Å². The molecule has 0 bridgehead atoms. The zero-order chi connectivity index (χ0) is 24.2. The Morgan fingerprint density at radius 1 is 1.18 bits per heavy atom. The van der Waals surface area contributed by atoms with Crippen LogP contribution in [-0.2, 0) is 16.0 Å². The van der Waals surface area contributed by atoms with Crippen molar-refractivity contribution in [3.05, 3.63) is 46.4 Å². The van der Waals surface area contributed by atoms with E-state index in [-0.39, 0.29) is 29.0 Å². The van der Waals surface area contributed by atoms with Crippen LogP contribution in [0.15, 0.2) is 24.3 Å². The normalized spacial score (nSPS) is 16.7. The molecule has 1 aromatic heterocycles. The summed E-state index contributed by atoms with van der Waals surface area (Å²) in [7, 11) is 0. The Bertz CT molecular complexity index is 924. The molecule has 2 atom stereocenters. The van der Waals surface area contributed by atoms with Gasteiger partial charge < -0.3 is 9.84 Å². The first-order valence-electron chi connectivity index (χ1n) is 12.4. The highest BCUT2D eigenvalue weighted by atomic mass is 35.5. The van der Waals surface area contributed by atoms with Crippen LogP contribution in [-0.4, -0.2) is 26.2 Å². The molecule has 2 unspecified atom stereocenters. The Morgan fingerprint density at radius 2 is 1.79 bits per heavy atom. The number of hydrogen-bond acceptors (Lipinski definition) is 4. The van der Waals surface area contributed by atoms with Gasteiger partial charge in [0.25, 0.3) is 0 Å². The Labute approximate surface area is 203 Å². The molecule has 1 N–H and O–H groups in total. The Hall–Kier alpha value is -2.01. The van der Waals surface area contributed by atoms with Crippen molar-refractivity contribution in [3.8, 4) is 5.88 Å². The lowest BCUT2D eigenvalue weighted by Gasteiger charge is -2.28. The maximum absolute atomic E-state index is 13.2. The lowest BCUT2D eigenvalue weighted by Crippen LogP contribution is -2.30. The quantitative estimate of drug-likeness (QED) is 0.390. The van der Waals surface area contributed by atoms with Crippen LogP contribution in [0.1, 0.15) is 108 Å². The second kappa shape index (κ2) is 10.9. The van der Waals surface area contributed by atoms with Crippen LogP contribution in [0.25, 0.3) is 0 Å². The van der Waals surface area contributed by atoms with Crippen molar-refractivity contribution in [3.63, 3.8) is 0 Å². The van der Waals surface area contributed by atoms with E-state index >= 15 is 0 Å². The lowest BCUT2D eigenvalue weighted by molar-refractivity contribution is -0.158. The van der Waals surface area contributed by atoms with Crippen LogP contribution < -0.4 is 0 Å². The van der Waals surface area contributed by atoms with Crippen LogP contribution in [0.5, 0.6) is 5.88 Å². The number of unbranched alkanes of at least 4 members (excludes halogenated alkanes) is 1. The minimum atomic E-state index is -0.506. The number of halogens is 1. The summed E-state index contributed by atoms with van der Waals surface area (Å²) in [6, 6.07) is 8.20. The fourth-order valence-electron chi connectivity index (χ4n) is 5.03. The van der Waals surface area contributed by atoms with Gasteiger partial charge in [-0.15, -0.1) is 0 Å². The van der Waals surface area contributed by atoms with Gasteiger partial charge >= 0.3 is 5.97 Å². The predicted molar refractivity (Wildman–Crippen MR) is 133 cm³/mol. The summed E-state index contributed by atoms with van der Waals surface area (Å²) in [4.78, 5) is 17.6. The van der Waals surface area contributed by atoms with Crippen molar-refractivity contribution in [2.75, 3.05) is 0 Å². The summed E-state index contributed by atoms with van der Waals surface area (Å²) in [6.45, 7) is 9.99. The molecule has 0 aliphatic heterocycles. The summed E-state index contributed by atoms with van der Waals surface area (Å²) in [5, 5.41) is 10.8. The van der Waals surface area contributed by atoms with Gasteiger partial charge in [-0.2, -0.15) is 0 Å². The molecular formula is C27H39ClN2O3. The van der Waals surface area contributed by atoms with Gasteiger partial charge in [-0.05, 0) is 63.5 Å². The van der Waals surface area contributed by atoms with Crippen molar-refractivity contribution < 1.29 is 14.6 Å². The predicted octanol–water partition coefficient (Wildman–Crippen LogP) is 7.20. The average molecular weight is 475 g/mol. The van der Waals surface area contributed by atoms with Crippen LogP contribution in [0.3, 0.4) is 0 Å². The molecule has 0 spiro atoms. The summed E-state index contributed by atoms with van der Waals surface area (Å²) < 4.78 is 7.68. The molecule has 1 fully saturated rings. The van der Waals surface area contributed by atoms with Crippen molar-refractivity contribution in [1.82, 2.24) is 9.55 Å². The summed E-state index contributed by atoms with van der Waals surface area (Å²) in [5.41, 5.74) is 1.57. The van der Waals surface area contributed by atoms with E-state index < -0.39 is 5.60 Å². The average Bonchev–Trinajstić information content (AvgIpc) is 3.37. The standard InChI is InChI=1S/C27H39ClN2O3/c1-6-8-13-22-29-24(28)25(31)30(22)21(7-2)18-14-16-20(17-15-18)23(19-11-9-10-12-19)26(32)33-27(3,4)5/h14-17,19,21,23,31H,6-13H2,1-5H3. The first-order valence-corrected chi connectivity index (χ1v) is 12.8. The lowest BCUT2D eigenvalue weighted by atomic mass is 9.84. The molecule has 182 valence electrons. The number of aromatic hydroxyl groups is 1. The molecule has 5 nitrogen and oxygen atoms in total. The number of hydrogen-bond donors (Lipinski definition) is 1. The Morgan fingerprint density at radius 3 is 2.33 bits per heavy atom. The molecule has 0 amide bonds. The van der Waals surface area contributed by atoms with Gasteiger partial charge in [-0.3, -0.25) is 9.36 Å². The molecule has 3 rings (SSSR count). The maximum Gasteiger partial charge on any atom is 0.314 e. The molecule has 2 aromatic rings. The summed E-state index contributed by atoms with van der Waals surface area (Å²) >= 11 is 6.20. The largest absolute Gasteiger partial charge is 0.492 e. The second-order valence-corrected chi connectivity index (χ2v) is 10.6. The molecule has 1 aromatic carbocycles. The van der Waals surface area contributed by atoms with Gasteiger partial charge in [0.1, 0.15) is 11.4 Å². The number of ether oxygens (including phenoxy) is 1. The van der Waals surface area contributed by atoms with Crippen molar-refractivity contribution in [2.45, 2.75) is 104 Å². The number of aromatic nitrogens is 2. The van der Waals surface area contributed by atoms with Crippen molar-refractivity contribution in [2.24, 2.45) is 5.92 Å². The SMILES string of the molecule is CCCCc1nc(Cl)c(O)n1C(CC)c1ccc(C(C(=O)OC(C)(C)C)C2CCCC2)cc1. The van der Waals surface area contributed by atoms with Crippen LogP contribution in [0, 0.1) is 5.92 Å². The number of carbonyl (C=O) groups excluding carboxylic acids is 1. The number of aryl methyl sites for hydroxylation is 1. The number of benzene rings is 1. The van der Waals surface area contributed by atoms with Crippen LogP contribution in [0.4, 0.5) is 0 Å². The highest BCUT2D eigenvalue weighted by Gasteiger charge is 2.35. The highest BCUT2D eigenvalue weighted by molar-refractivity contribution is 6.30. The molecule has 6 heteroatoms. The minimum Gasteiger partial charge on any atom is -0.492 e. The molecule has 1 saturated carbocycles. The van der Waals surface area contributed by atoms with Crippen molar-refractivity contribution in [1.29, 1.82) is 0 Å². The van der Waals surface area contributed by atoms with E-state index in [2.05, 4.69) is 43.1 Å². The first kappa shape index (κ1) is 25.6. The van der Waals surface area contributed by atoms with E-state index in [1.165, 1.54) is 12.8 Å². The van der Waals surface area contributed by atoms with Gasteiger partial charge in [-0.25, -0.2) is 4.98 Å². The fraction of sp³-hybridized carbons (Fsp3) is 0.630. The smallest absolute Gasteiger partial charge is 0.314 e. The second-order valence-electron chi connectivity index (χ2n) is 10.3. The van der Waals surface area contributed by atoms with Gasteiger partial charge in [0, 0.05) is 6.42 Å². The molecule has 0 radical (unpaired) electrons. The van der Waals surface area contributed by atoms with Gasteiger partial charge in [-0.1, -0.05) is 69.0 Å². The number of nitrogens with zero attached hydrogens (tertiary/aromatic N) is 2. The van der Waals surface area contributed by atoms with Gasteiger partial charge in [0.2, 0.25) is 5.88 Å². The van der Waals surface area contributed by atoms with Gasteiger partial charge in [0.05, 0.1) is 12.0 Å². The number of rotatable bonds is 9. The number of esters is 1. The molecule has 1 aliphatic carbocycles. The van der Waals surface area contributed by atoms with Gasteiger partial charge in [0.15, 0.2) is 5.15 Å². The summed E-state index contributed by atoms with van der Waals surface area (Å²) in [6.07, 6.45) is 8.05. The third kappa shape index (κ3) is 6.11. The Balaban J connectivity index is 1.92. The maximum atomic E-state index is 13.2. The topological polar surface area (TPSA) is 64.4 Å². The number of imidazole rings is 1. The minimum absolute atomic E-state index is 0.0243. The van der Waals surface area contributed by atoms with E-state index in [1.54, 1.807) is 0 Å². The third-order valence-corrected chi connectivity index (χ3v) is 6.84. The first-order chi connectivity index (χ1) is 15.7. The molecule has 1 heterocycles. The monoisotopic (exact) mass is 474 g/mol. The van der Waals surface area contributed by atoms with E-state index in [0.717, 1.165) is 55.5 Å². The zero-order valence-corrected chi connectivity index (χ0v) is 21.5. The van der Waals surface area contributed by atoms with E-state index in [9.17, 15) is 9.90 Å². The molecule has 33 heavy (non-hydrogen) atoms.